The van der Waals surface area contributed by atoms with Gasteiger partial charge < -0.3 is 20.4 Å². The van der Waals surface area contributed by atoms with Crippen LogP contribution in [0, 0.1) is 12.8 Å². The van der Waals surface area contributed by atoms with Crippen LogP contribution in [-0.2, 0) is 9.59 Å². The molecule has 2 aliphatic heterocycles. The van der Waals surface area contributed by atoms with E-state index in [0.717, 1.165) is 68.3 Å². The minimum Gasteiger partial charge on any atom is -0.356 e. The molecule has 2 amide bonds. The smallest absolute Gasteiger partial charge is 0.223 e. The first kappa shape index (κ1) is 25.2. The summed E-state index contributed by atoms with van der Waals surface area (Å²) in [5.74, 6) is 0.981. The molecule has 35 heavy (non-hydrogen) atoms. The number of carbonyl (C=O) groups is 2. The van der Waals surface area contributed by atoms with E-state index in [1.807, 2.05) is 41.9 Å². The first-order chi connectivity index (χ1) is 17.0. The number of nitrogens with zero attached hydrogens (tertiary/aromatic N) is 4. The van der Waals surface area contributed by atoms with Crippen molar-refractivity contribution in [3.05, 3.63) is 36.0 Å². The van der Waals surface area contributed by atoms with Crippen LogP contribution in [0.4, 0.5) is 11.5 Å². The number of anilines is 2. The highest BCUT2D eigenvalue weighted by atomic mass is 16.2. The number of amides is 2. The van der Waals surface area contributed by atoms with Gasteiger partial charge in [-0.15, -0.1) is 0 Å². The van der Waals surface area contributed by atoms with E-state index < -0.39 is 0 Å². The van der Waals surface area contributed by atoms with Gasteiger partial charge in [-0.05, 0) is 70.8 Å². The quantitative estimate of drug-likeness (QED) is 0.563. The van der Waals surface area contributed by atoms with E-state index in [1.165, 1.54) is 45.7 Å². The van der Waals surface area contributed by atoms with E-state index in [9.17, 15) is 9.59 Å². The average molecular weight is 481 g/mol. The Morgan fingerprint density at radius 2 is 1.69 bits per heavy atom. The molecule has 2 aromatic rings. The van der Waals surface area contributed by atoms with Gasteiger partial charge in [0.15, 0.2) is 5.82 Å². The van der Waals surface area contributed by atoms with Crippen molar-refractivity contribution < 1.29 is 9.59 Å². The monoisotopic (exact) mass is 480 g/mol. The Balaban J connectivity index is 1.34. The molecule has 2 saturated heterocycles. The minimum atomic E-state index is -0.114. The van der Waals surface area contributed by atoms with Crippen molar-refractivity contribution in [3.8, 4) is 5.69 Å². The second-order valence-corrected chi connectivity index (χ2v) is 9.87. The van der Waals surface area contributed by atoms with Crippen LogP contribution in [0.3, 0.4) is 0 Å². The highest BCUT2D eigenvalue weighted by Gasteiger charge is 2.29. The number of piperidine rings is 1. The third-order valence-electron chi connectivity index (χ3n) is 7.15. The molecule has 2 aliphatic rings. The first-order valence-electron chi connectivity index (χ1n) is 13.2. The fraction of sp³-hybridized carbons (Fsp3) is 0.593. The Morgan fingerprint density at radius 3 is 2.34 bits per heavy atom. The SMILES string of the molecule is CC(=O)Nc1c(C)nn(-c2ccccc2)c1N1CCC(C(=O)NCCCN2CCCCCC2)CC1. The van der Waals surface area contributed by atoms with Gasteiger partial charge in [-0.1, -0.05) is 31.0 Å². The van der Waals surface area contributed by atoms with Crippen molar-refractivity contribution in [2.75, 3.05) is 49.5 Å². The predicted octanol–water partition coefficient (Wildman–Crippen LogP) is 3.74. The number of aromatic nitrogens is 2. The van der Waals surface area contributed by atoms with Gasteiger partial charge in [0.25, 0.3) is 0 Å². The van der Waals surface area contributed by atoms with E-state index in [1.54, 1.807) is 0 Å². The van der Waals surface area contributed by atoms with E-state index in [2.05, 4.69) is 20.4 Å². The summed E-state index contributed by atoms with van der Waals surface area (Å²) in [6.45, 7) is 9.16. The molecule has 0 aliphatic carbocycles. The zero-order chi connectivity index (χ0) is 24.6. The highest BCUT2D eigenvalue weighted by Crippen LogP contribution is 2.34. The van der Waals surface area contributed by atoms with E-state index in [4.69, 9.17) is 5.10 Å². The van der Waals surface area contributed by atoms with Gasteiger partial charge >= 0.3 is 0 Å². The molecule has 4 rings (SSSR count). The van der Waals surface area contributed by atoms with Gasteiger partial charge in [0.05, 0.1) is 11.4 Å². The molecule has 0 unspecified atom stereocenters. The lowest BCUT2D eigenvalue weighted by Gasteiger charge is -2.33. The number of para-hydroxylation sites is 1. The summed E-state index contributed by atoms with van der Waals surface area (Å²) in [4.78, 5) is 29.5. The minimum absolute atomic E-state index is 0.0304. The maximum absolute atomic E-state index is 12.8. The van der Waals surface area contributed by atoms with Crippen LogP contribution in [0.2, 0.25) is 0 Å². The molecule has 190 valence electrons. The molecule has 0 saturated carbocycles. The van der Waals surface area contributed by atoms with Crippen molar-refractivity contribution in [2.24, 2.45) is 5.92 Å². The maximum atomic E-state index is 12.8. The van der Waals surface area contributed by atoms with E-state index >= 15 is 0 Å². The summed E-state index contributed by atoms with van der Waals surface area (Å²) < 4.78 is 1.91. The summed E-state index contributed by atoms with van der Waals surface area (Å²) in [6.07, 6.45) is 7.90. The van der Waals surface area contributed by atoms with Gasteiger partial charge in [-0.3, -0.25) is 9.59 Å². The number of carbonyl (C=O) groups excluding carboxylic acids is 2. The van der Waals surface area contributed by atoms with Crippen LogP contribution in [0.15, 0.2) is 30.3 Å². The van der Waals surface area contributed by atoms with E-state index in [0.29, 0.717) is 0 Å². The molecule has 3 heterocycles. The Kier molecular flexibility index (Phi) is 8.79. The third kappa shape index (κ3) is 6.63. The van der Waals surface area contributed by atoms with Crippen molar-refractivity contribution in [1.29, 1.82) is 0 Å². The topological polar surface area (TPSA) is 82.5 Å². The molecular weight excluding hydrogens is 440 g/mol. The maximum Gasteiger partial charge on any atom is 0.223 e. The van der Waals surface area contributed by atoms with Crippen LogP contribution >= 0.6 is 0 Å². The molecule has 8 heteroatoms. The van der Waals surface area contributed by atoms with Crippen molar-refractivity contribution in [2.45, 2.75) is 58.8 Å². The van der Waals surface area contributed by atoms with Crippen molar-refractivity contribution >= 4 is 23.3 Å². The Bertz CT molecular complexity index is 973. The molecule has 1 aromatic carbocycles. The molecule has 0 bridgehead atoms. The fourth-order valence-electron chi connectivity index (χ4n) is 5.25. The second kappa shape index (κ2) is 12.2. The summed E-state index contributed by atoms with van der Waals surface area (Å²) in [5, 5.41) is 10.9. The number of benzene rings is 1. The molecule has 2 N–H and O–H groups in total. The summed E-state index contributed by atoms with van der Waals surface area (Å²) in [6, 6.07) is 9.97. The van der Waals surface area contributed by atoms with Crippen LogP contribution in [0.5, 0.6) is 0 Å². The van der Waals surface area contributed by atoms with Gasteiger partial charge in [0.2, 0.25) is 11.8 Å². The molecular formula is C27H40N6O2. The number of aryl methyl sites for hydroxylation is 1. The highest BCUT2D eigenvalue weighted by molar-refractivity contribution is 5.93. The van der Waals surface area contributed by atoms with Gasteiger partial charge in [0.1, 0.15) is 5.69 Å². The Morgan fingerprint density at radius 1 is 1.00 bits per heavy atom. The van der Waals surface area contributed by atoms with Gasteiger partial charge in [-0.25, -0.2) is 4.68 Å². The fourth-order valence-corrected chi connectivity index (χ4v) is 5.25. The number of hydrogen-bond donors (Lipinski definition) is 2. The summed E-state index contributed by atoms with van der Waals surface area (Å²) in [5.41, 5.74) is 2.48. The zero-order valence-corrected chi connectivity index (χ0v) is 21.3. The first-order valence-corrected chi connectivity index (χ1v) is 13.2. The second-order valence-electron chi connectivity index (χ2n) is 9.87. The van der Waals surface area contributed by atoms with Crippen molar-refractivity contribution in [3.63, 3.8) is 0 Å². The summed E-state index contributed by atoms with van der Waals surface area (Å²) in [7, 11) is 0. The lowest BCUT2D eigenvalue weighted by molar-refractivity contribution is -0.125. The number of likely N-dealkylation sites (tertiary alicyclic amines) is 1. The molecule has 2 fully saturated rings. The predicted molar refractivity (Wildman–Crippen MR) is 140 cm³/mol. The van der Waals surface area contributed by atoms with Crippen molar-refractivity contribution in [1.82, 2.24) is 20.0 Å². The molecule has 0 radical (unpaired) electrons. The van der Waals surface area contributed by atoms with Crippen LogP contribution in [-0.4, -0.2) is 65.8 Å². The largest absolute Gasteiger partial charge is 0.356 e. The Hall–Kier alpha value is -2.87. The molecule has 0 atom stereocenters. The van der Waals surface area contributed by atoms with Crippen LogP contribution in [0.1, 0.15) is 57.6 Å². The number of rotatable bonds is 8. The summed E-state index contributed by atoms with van der Waals surface area (Å²) >= 11 is 0. The molecule has 8 nitrogen and oxygen atoms in total. The average Bonchev–Trinajstić information content (AvgIpc) is 3.02. The van der Waals surface area contributed by atoms with Crippen LogP contribution < -0.4 is 15.5 Å². The van der Waals surface area contributed by atoms with E-state index in [-0.39, 0.29) is 17.7 Å². The van der Waals surface area contributed by atoms with Crippen LogP contribution in [0.25, 0.3) is 5.69 Å². The standard InChI is InChI=1S/C27H40N6O2/c1-21-25(29-22(2)34)27(33(30-21)24-11-6-5-7-12-24)32-19-13-23(14-20-32)26(35)28-15-10-18-31-16-8-3-4-9-17-31/h5-7,11-12,23H,3-4,8-10,13-20H2,1-2H3,(H,28,35)(H,29,34). The van der Waals surface area contributed by atoms with Gasteiger partial charge in [0, 0.05) is 32.5 Å². The van der Waals surface area contributed by atoms with Gasteiger partial charge in [-0.2, -0.15) is 5.10 Å². The zero-order valence-electron chi connectivity index (χ0n) is 21.3. The number of nitrogens with one attached hydrogen (secondary N) is 2. The Labute approximate surface area is 209 Å². The lowest BCUT2D eigenvalue weighted by Crippen LogP contribution is -2.42. The number of hydrogen-bond acceptors (Lipinski definition) is 5. The molecule has 1 aromatic heterocycles. The normalized spacial score (nSPS) is 17.7. The molecule has 0 spiro atoms. The third-order valence-corrected chi connectivity index (χ3v) is 7.15. The lowest BCUT2D eigenvalue weighted by atomic mass is 9.95.